The highest BCUT2D eigenvalue weighted by atomic mass is 16.7. The standard InChI is InChI=1S/C24H44N2O6/c1-21(2)15-29-19(23(5,6)25(21)9)31-17(27)13-11-12-14-18(28)32-20-24(7,8)26(10)22(3,4)16-30-20/h19-20H,11-16H2,1-10H3. The van der Waals surface area contributed by atoms with Gasteiger partial charge in [-0.2, -0.15) is 0 Å². The summed E-state index contributed by atoms with van der Waals surface area (Å²) < 4.78 is 22.9. The molecule has 8 nitrogen and oxygen atoms in total. The van der Waals surface area contributed by atoms with Crippen LogP contribution < -0.4 is 0 Å². The Morgan fingerprint density at radius 1 is 0.719 bits per heavy atom. The number of carbonyl (C=O) groups is 2. The number of carbonyl (C=O) groups excluding carboxylic acids is 2. The first kappa shape index (κ1) is 27.0. The first-order valence-electron chi connectivity index (χ1n) is 11.6. The number of ether oxygens (including phenoxy) is 4. The quantitative estimate of drug-likeness (QED) is 0.426. The number of esters is 2. The molecule has 2 aliphatic heterocycles. The second-order valence-corrected chi connectivity index (χ2v) is 11.5. The summed E-state index contributed by atoms with van der Waals surface area (Å²) in [5.41, 5.74) is -1.13. The van der Waals surface area contributed by atoms with Crippen molar-refractivity contribution in [1.29, 1.82) is 0 Å². The third-order valence-electron chi connectivity index (χ3n) is 7.36. The molecule has 0 aromatic heterocycles. The van der Waals surface area contributed by atoms with Crippen LogP contribution in [0.2, 0.25) is 0 Å². The molecule has 0 radical (unpaired) electrons. The minimum absolute atomic E-state index is 0.131. The van der Waals surface area contributed by atoms with Crippen LogP contribution >= 0.6 is 0 Å². The van der Waals surface area contributed by atoms with Crippen molar-refractivity contribution in [3.05, 3.63) is 0 Å². The van der Waals surface area contributed by atoms with Crippen LogP contribution in [0.3, 0.4) is 0 Å². The molecule has 2 atom stereocenters. The Balaban J connectivity index is 1.73. The number of rotatable bonds is 7. The van der Waals surface area contributed by atoms with Gasteiger partial charge in [0.05, 0.1) is 24.3 Å². The van der Waals surface area contributed by atoms with Gasteiger partial charge in [0.1, 0.15) is 0 Å². The molecule has 2 fully saturated rings. The second-order valence-electron chi connectivity index (χ2n) is 11.5. The first-order valence-corrected chi connectivity index (χ1v) is 11.6. The number of hydrogen-bond donors (Lipinski definition) is 0. The van der Waals surface area contributed by atoms with Crippen molar-refractivity contribution in [2.24, 2.45) is 0 Å². The predicted molar refractivity (Wildman–Crippen MR) is 122 cm³/mol. The Morgan fingerprint density at radius 2 is 1.03 bits per heavy atom. The van der Waals surface area contributed by atoms with Gasteiger partial charge in [-0.25, -0.2) is 0 Å². The van der Waals surface area contributed by atoms with E-state index in [0.29, 0.717) is 26.1 Å². The van der Waals surface area contributed by atoms with E-state index >= 15 is 0 Å². The Morgan fingerprint density at radius 3 is 1.34 bits per heavy atom. The zero-order valence-electron chi connectivity index (χ0n) is 21.7. The number of morpholine rings is 2. The maximum atomic E-state index is 12.3. The van der Waals surface area contributed by atoms with Crippen LogP contribution in [0.15, 0.2) is 0 Å². The van der Waals surface area contributed by atoms with E-state index < -0.39 is 23.7 Å². The summed E-state index contributed by atoms with van der Waals surface area (Å²) in [7, 11) is 4.04. The molecule has 0 bridgehead atoms. The highest BCUT2D eigenvalue weighted by Gasteiger charge is 2.49. The zero-order chi connectivity index (χ0) is 24.5. The lowest BCUT2D eigenvalue weighted by Gasteiger charge is -2.53. The molecule has 186 valence electrons. The Labute approximate surface area is 193 Å². The van der Waals surface area contributed by atoms with Gasteiger partial charge in [0.2, 0.25) is 12.6 Å². The summed E-state index contributed by atoms with van der Waals surface area (Å²) in [5.74, 6) is -0.629. The summed E-state index contributed by atoms with van der Waals surface area (Å²) in [6.07, 6.45) is 0.320. The maximum absolute atomic E-state index is 12.3. The molecule has 2 heterocycles. The minimum atomic E-state index is -0.620. The van der Waals surface area contributed by atoms with E-state index in [1.807, 2.05) is 41.8 Å². The topological polar surface area (TPSA) is 77.5 Å². The van der Waals surface area contributed by atoms with Crippen LogP contribution in [0.4, 0.5) is 0 Å². The van der Waals surface area contributed by atoms with Gasteiger partial charge in [0.15, 0.2) is 0 Å². The molecule has 0 saturated carbocycles. The van der Waals surface area contributed by atoms with Crippen molar-refractivity contribution in [2.75, 3.05) is 27.3 Å². The molecular weight excluding hydrogens is 412 g/mol. The third-order valence-corrected chi connectivity index (χ3v) is 7.36. The van der Waals surface area contributed by atoms with E-state index in [1.54, 1.807) is 0 Å². The van der Waals surface area contributed by atoms with Crippen molar-refractivity contribution in [1.82, 2.24) is 9.80 Å². The predicted octanol–water partition coefficient (Wildman–Crippen LogP) is 3.32. The normalized spacial score (nSPS) is 29.3. The molecule has 8 heteroatoms. The molecule has 2 saturated heterocycles. The van der Waals surface area contributed by atoms with Crippen LogP contribution in [-0.2, 0) is 28.5 Å². The number of unbranched alkanes of at least 4 members (excludes halogenated alkanes) is 1. The average Bonchev–Trinajstić information content (AvgIpc) is 2.68. The van der Waals surface area contributed by atoms with Crippen LogP contribution in [-0.4, -0.2) is 83.8 Å². The molecule has 0 aliphatic carbocycles. The third kappa shape index (κ3) is 5.82. The minimum Gasteiger partial charge on any atom is -0.434 e. The molecule has 2 rings (SSSR count). The van der Waals surface area contributed by atoms with E-state index in [9.17, 15) is 9.59 Å². The maximum Gasteiger partial charge on any atom is 0.308 e. The average molecular weight is 457 g/mol. The lowest BCUT2D eigenvalue weighted by Crippen LogP contribution is -2.66. The van der Waals surface area contributed by atoms with Crippen LogP contribution in [0, 0.1) is 0 Å². The van der Waals surface area contributed by atoms with Crippen molar-refractivity contribution < 1.29 is 28.5 Å². The lowest BCUT2D eigenvalue weighted by atomic mass is 9.91. The molecular formula is C24H44N2O6. The number of likely N-dealkylation sites (N-methyl/N-ethyl adjacent to an activating group) is 2. The van der Waals surface area contributed by atoms with Crippen molar-refractivity contribution in [3.63, 3.8) is 0 Å². The number of hydrogen-bond acceptors (Lipinski definition) is 8. The van der Waals surface area contributed by atoms with Crippen molar-refractivity contribution in [2.45, 2.75) is 116 Å². The molecule has 0 spiro atoms. The van der Waals surface area contributed by atoms with Gasteiger partial charge in [-0.1, -0.05) is 0 Å². The fraction of sp³-hybridized carbons (Fsp3) is 0.917. The summed E-state index contributed by atoms with van der Waals surface area (Å²) >= 11 is 0. The van der Waals surface area contributed by atoms with E-state index in [0.717, 1.165) is 0 Å². The van der Waals surface area contributed by atoms with E-state index in [4.69, 9.17) is 18.9 Å². The van der Waals surface area contributed by atoms with Gasteiger partial charge in [-0.15, -0.1) is 0 Å². The fourth-order valence-corrected chi connectivity index (χ4v) is 4.29. The molecule has 0 aromatic carbocycles. The summed E-state index contributed by atoms with van der Waals surface area (Å²) in [6.45, 7) is 17.4. The Kier molecular flexibility index (Phi) is 8.08. The summed E-state index contributed by atoms with van der Waals surface area (Å²) in [5, 5.41) is 0. The Hall–Kier alpha value is -1.22. The van der Waals surface area contributed by atoms with Gasteiger partial charge in [0, 0.05) is 23.9 Å². The van der Waals surface area contributed by atoms with E-state index in [2.05, 4.69) is 37.5 Å². The highest BCUT2D eigenvalue weighted by molar-refractivity contribution is 5.71. The van der Waals surface area contributed by atoms with Crippen molar-refractivity contribution >= 4 is 11.9 Å². The van der Waals surface area contributed by atoms with Crippen molar-refractivity contribution in [3.8, 4) is 0 Å². The monoisotopic (exact) mass is 456 g/mol. The van der Waals surface area contributed by atoms with Gasteiger partial charge in [0.25, 0.3) is 0 Å². The lowest BCUT2D eigenvalue weighted by molar-refractivity contribution is -0.258. The van der Waals surface area contributed by atoms with Crippen LogP contribution in [0.1, 0.15) is 81.1 Å². The summed E-state index contributed by atoms with van der Waals surface area (Å²) in [6, 6.07) is 0. The molecule has 2 aliphatic rings. The largest absolute Gasteiger partial charge is 0.434 e. The van der Waals surface area contributed by atoms with Crippen LogP contribution in [0.25, 0.3) is 0 Å². The first-order chi connectivity index (χ1) is 14.5. The highest BCUT2D eigenvalue weighted by Crippen LogP contribution is 2.35. The zero-order valence-corrected chi connectivity index (χ0v) is 21.7. The second kappa shape index (κ2) is 9.57. The fourth-order valence-electron chi connectivity index (χ4n) is 4.29. The molecule has 32 heavy (non-hydrogen) atoms. The summed E-state index contributed by atoms with van der Waals surface area (Å²) in [4.78, 5) is 29.1. The van der Waals surface area contributed by atoms with E-state index in [1.165, 1.54) is 0 Å². The smallest absolute Gasteiger partial charge is 0.308 e. The molecule has 0 N–H and O–H groups in total. The van der Waals surface area contributed by atoms with E-state index in [-0.39, 0.29) is 35.9 Å². The SMILES string of the molecule is CN1C(C)(C)COC(OC(=O)CCCCC(=O)OC2OCC(C)(C)N(C)C2(C)C)C1(C)C. The number of nitrogens with zero attached hydrogens (tertiary/aromatic N) is 2. The van der Waals surface area contributed by atoms with Crippen LogP contribution in [0.5, 0.6) is 0 Å². The van der Waals surface area contributed by atoms with Gasteiger partial charge < -0.3 is 18.9 Å². The van der Waals surface area contributed by atoms with Gasteiger partial charge >= 0.3 is 11.9 Å². The Bertz CT molecular complexity index is 630. The molecule has 2 unspecified atom stereocenters. The van der Waals surface area contributed by atoms with Gasteiger partial charge in [-0.05, 0) is 82.3 Å². The van der Waals surface area contributed by atoms with Gasteiger partial charge in [-0.3, -0.25) is 19.4 Å². The molecule has 0 amide bonds. The molecule has 0 aromatic rings.